The van der Waals surface area contributed by atoms with Crippen molar-refractivity contribution in [3.05, 3.63) is 34.9 Å². The zero-order valence-electron chi connectivity index (χ0n) is 11.5. The molecule has 1 aliphatic heterocycles. The quantitative estimate of drug-likeness (QED) is 0.796. The van der Waals surface area contributed by atoms with Crippen molar-refractivity contribution in [2.45, 2.75) is 31.9 Å². The molecule has 1 fully saturated rings. The molecule has 1 aromatic rings. The van der Waals surface area contributed by atoms with Gasteiger partial charge in [-0.3, -0.25) is 9.00 Å². The van der Waals surface area contributed by atoms with Crippen molar-refractivity contribution in [2.24, 2.45) is 0 Å². The SMILES string of the molecule is Cc1ccc(C(=O)CS(=O)C2CCOCC2)c(C)c1. The van der Waals surface area contributed by atoms with Gasteiger partial charge < -0.3 is 4.74 Å². The lowest BCUT2D eigenvalue weighted by Gasteiger charge is -2.21. The highest BCUT2D eigenvalue weighted by Gasteiger charge is 2.23. The second-order valence-electron chi connectivity index (χ2n) is 5.08. The molecule has 104 valence electrons. The van der Waals surface area contributed by atoms with Crippen LogP contribution in [0.3, 0.4) is 0 Å². The van der Waals surface area contributed by atoms with E-state index in [2.05, 4.69) is 0 Å². The first-order valence-corrected chi connectivity index (χ1v) is 8.01. The molecule has 0 N–H and O–H groups in total. The van der Waals surface area contributed by atoms with Gasteiger partial charge in [-0.1, -0.05) is 23.8 Å². The van der Waals surface area contributed by atoms with E-state index >= 15 is 0 Å². The van der Waals surface area contributed by atoms with E-state index in [9.17, 15) is 9.00 Å². The molecular formula is C15H20O3S. The first-order valence-electron chi connectivity index (χ1n) is 6.63. The summed E-state index contributed by atoms with van der Waals surface area (Å²) < 4.78 is 17.4. The maximum Gasteiger partial charge on any atom is 0.175 e. The van der Waals surface area contributed by atoms with Gasteiger partial charge in [-0.15, -0.1) is 0 Å². The van der Waals surface area contributed by atoms with Gasteiger partial charge >= 0.3 is 0 Å². The fourth-order valence-corrected chi connectivity index (χ4v) is 3.76. The van der Waals surface area contributed by atoms with Crippen LogP contribution in [0.4, 0.5) is 0 Å². The summed E-state index contributed by atoms with van der Waals surface area (Å²) in [4.78, 5) is 12.2. The second-order valence-corrected chi connectivity index (χ2v) is 6.80. The number of ketones is 1. The van der Waals surface area contributed by atoms with Crippen LogP contribution in [-0.2, 0) is 15.5 Å². The number of carbonyl (C=O) groups excluding carboxylic acids is 1. The maximum atomic E-state index is 12.2. The van der Waals surface area contributed by atoms with Crippen LogP contribution in [0.2, 0.25) is 0 Å². The lowest BCUT2D eigenvalue weighted by atomic mass is 10.0. The van der Waals surface area contributed by atoms with Gasteiger partial charge in [0.05, 0.1) is 5.75 Å². The fraction of sp³-hybridized carbons (Fsp3) is 0.533. The van der Waals surface area contributed by atoms with Gasteiger partial charge in [-0.05, 0) is 32.3 Å². The third kappa shape index (κ3) is 3.74. The molecule has 0 amide bonds. The van der Waals surface area contributed by atoms with Crippen LogP contribution in [0.5, 0.6) is 0 Å². The first-order chi connectivity index (χ1) is 9.08. The van der Waals surface area contributed by atoms with Gasteiger partial charge in [-0.25, -0.2) is 0 Å². The summed E-state index contributed by atoms with van der Waals surface area (Å²) in [5.74, 6) is 0.122. The van der Waals surface area contributed by atoms with Crippen molar-refractivity contribution in [1.82, 2.24) is 0 Å². The zero-order valence-corrected chi connectivity index (χ0v) is 12.3. The van der Waals surface area contributed by atoms with Gasteiger partial charge in [0, 0.05) is 34.8 Å². The molecule has 4 heteroatoms. The molecule has 1 atom stereocenters. The van der Waals surface area contributed by atoms with Gasteiger partial charge in [0.15, 0.2) is 5.78 Å². The lowest BCUT2D eigenvalue weighted by molar-refractivity contribution is 0.0980. The van der Waals surface area contributed by atoms with Crippen LogP contribution in [0.25, 0.3) is 0 Å². The Morgan fingerprint density at radius 1 is 1.32 bits per heavy atom. The van der Waals surface area contributed by atoms with Crippen LogP contribution in [-0.4, -0.2) is 34.2 Å². The Hall–Kier alpha value is -1.00. The number of rotatable bonds is 4. The van der Waals surface area contributed by atoms with Crippen LogP contribution in [0.15, 0.2) is 18.2 Å². The van der Waals surface area contributed by atoms with Crippen molar-refractivity contribution >= 4 is 16.6 Å². The number of ether oxygens (including phenoxy) is 1. The molecule has 19 heavy (non-hydrogen) atoms. The smallest absolute Gasteiger partial charge is 0.175 e. The van der Waals surface area contributed by atoms with E-state index < -0.39 is 10.8 Å². The van der Waals surface area contributed by atoms with Crippen LogP contribution < -0.4 is 0 Å². The van der Waals surface area contributed by atoms with Crippen molar-refractivity contribution in [3.8, 4) is 0 Å². The largest absolute Gasteiger partial charge is 0.381 e. The van der Waals surface area contributed by atoms with Gasteiger partial charge in [0.25, 0.3) is 0 Å². The standard InChI is InChI=1S/C15H20O3S/c1-11-3-4-14(12(2)9-11)15(16)10-19(17)13-5-7-18-8-6-13/h3-4,9,13H,5-8,10H2,1-2H3. The van der Waals surface area contributed by atoms with Crippen molar-refractivity contribution in [2.75, 3.05) is 19.0 Å². The van der Waals surface area contributed by atoms with Crippen molar-refractivity contribution in [1.29, 1.82) is 0 Å². The third-order valence-corrected chi connectivity index (χ3v) is 5.26. The summed E-state index contributed by atoms with van der Waals surface area (Å²) in [6.07, 6.45) is 1.60. The minimum Gasteiger partial charge on any atom is -0.381 e. The highest BCUT2D eigenvalue weighted by atomic mass is 32.2. The van der Waals surface area contributed by atoms with Crippen LogP contribution in [0.1, 0.15) is 34.3 Å². The lowest BCUT2D eigenvalue weighted by Crippen LogP contribution is -2.28. The summed E-state index contributed by atoms with van der Waals surface area (Å²) >= 11 is 0. The summed E-state index contributed by atoms with van der Waals surface area (Å²) in [6, 6.07) is 5.76. The highest BCUT2D eigenvalue weighted by Crippen LogP contribution is 2.16. The molecule has 0 bridgehead atoms. The van der Waals surface area contributed by atoms with E-state index in [4.69, 9.17) is 4.74 Å². The van der Waals surface area contributed by atoms with E-state index in [1.807, 2.05) is 32.0 Å². The predicted molar refractivity (Wildman–Crippen MR) is 77.1 cm³/mol. The van der Waals surface area contributed by atoms with Gasteiger partial charge in [0.1, 0.15) is 0 Å². The molecular weight excluding hydrogens is 260 g/mol. The average molecular weight is 280 g/mol. The number of benzene rings is 1. The molecule has 1 aliphatic rings. The number of hydrogen-bond acceptors (Lipinski definition) is 3. The fourth-order valence-electron chi connectivity index (χ4n) is 2.39. The third-order valence-electron chi connectivity index (χ3n) is 3.50. The molecule has 1 aromatic carbocycles. The Morgan fingerprint density at radius 3 is 2.63 bits per heavy atom. The molecule has 0 radical (unpaired) electrons. The Morgan fingerprint density at radius 2 is 2.00 bits per heavy atom. The number of aryl methyl sites for hydroxylation is 2. The average Bonchev–Trinajstić information content (AvgIpc) is 2.39. The Bertz CT molecular complexity index is 490. The molecule has 2 rings (SSSR count). The molecule has 1 saturated heterocycles. The topological polar surface area (TPSA) is 43.4 Å². The minimum atomic E-state index is -1.08. The molecule has 0 saturated carbocycles. The highest BCUT2D eigenvalue weighted by molar-refractivity contribution is 7.86. The molecule has 1 heterocycles. The summed E-state index contributed by atoms with van der Waals surface area (Å²) in [5, 5.41) is 0.114. The predicted octanol–water partition coefficient (Wildman–Crippen LogP) is 2.41. The van der Waals surface area contributed by atoms with E-state index in [0.717, 1.165) is 24.0 Å². The Labute approximate surface area is 116 Å². The van der Waals surface area contributed by atoms with Crippen LogP contribution in [0, 0.1) is 13.8 Å². The molecule has 0 aromatic heterocycles. The molecule has 0 spiro atoms. The number of hydrogen-bond donors (Lipinski definition) is 0. The summed E-state index contributed by atoms with van der Waals surface area (Å²) in [5.41, 5.74) is 2.81. The number of Topliss-reactive ketones (excluding diaryl/α,β-unsaturated/α-hetero) is 1. The van der Waals surface area contributed by atoms with Crippen LogP contribution >= 0.6 is 0 Å². The van der Waals surface area contributed by atoms with E-state index in [1.54, 1.807) is 0 Å². The molecule has 1 unspecified atom stereocenters. The van der Waals surface area contributed by atoms with Crippen molar-refractivity contribution < 1.29 is 13.7 Å². The second kappa shape index (κ2) is 6.44. The normalized spacial score (nSPS) is 18.2. The van der Waals surface area contributed by atoms with Gasteiger partial charge in [0.2, 0.25) is 0 Å². The first kappa shape index (κ1) is 14.4. The Kier molecular flexibility index (Phi) is 4.88. The Balaban J connectivity index is 2.02. The monoisotopic (exact) mass is 280 g/mol. The zero-order chi connectivity index (χ0) is 13.8. The number of carbonyl (C=O) groups is 1. The van der Waals surface area contributed by atoms with E-state index in [1.165, 1.54) is 0 Å². The maximum absolute atomic E-state index is 12.2. The minimum absolute atomic E-state index is 0.0117. The summed E-state index contributed by atoms with van der Waals surface area (Å²) in [6.45, 7) is 5.25. The van der Waals surface area contributed by atoms with E-state index in [-0.39, 0.29) is 16.8 Å². The van der Waals surface area contributed by atoms with E-state index in [0.29, 0.717) is 18.8 Å². The van der Waals surface area contributed by atoms with Crippen molar-refractivity contribution in [3.63, 3.8) is 0 Å². The molecule has 3 nitrogen and oxygen atoms in total. The summed E-state index contributed by atoms with van der Waals surface area (Å²) in [7, 11) is -1.08. The molecule has 0 aliphatic carbocycles. The van der Waals surface area contributed by atoms with Gasteiger partial charge in [-0.2, -0.15) is 0 Å².